The van der Waals surface area contributed by atoms with Crippen LogP contribution in [0.1, 0.15) is 6.42 Å². The third-order valence-corrected chi connectivity index (χ3v) is 3.72. The molecule has 0 bridgehead atoms. The summed E-state index contributed by atoms with van der Waals surface area (Å²) in [4.78, 5) is 12.9. The predicted octanol–water partition coefficient (Wildman–Crippen LogP) is 4.41. The molecule has 0 radical (unpaired) electrons. The average molecular weight is 323 g/mol. The zero-order chi connectivity index (χ0) is 15.8. The minimum absolute atomic E-state index is 0.0626. The van der Waals surface area contributed by atoms with Gasteiger partial charge in [0, 0.05) is 22.8 Å². The fourth-order valence-electron chi connectivity index (χ4n) is 1.72. The van der Waals surface area contributed by atoms with Crippen LogP contribution in [0, 0.1) is 0 Å². The summed E-state index contributed by atoms with van der Waals surface area (Å²) >= 11 is 1.60. The summed E-state index contributed by atoms with van der Waals surface area (Å²) in [6, 6.07) is 15.7. The summed E-state index contributed by atoms with van der Waals surface area (Å²) in [5, 5.41) is 2.71. The maximum Gasteiger partial charge on any atom is 0.387 e. The van der Waals surface area contributed by atoms with Gasteiger partial charge in [-0.1, -0.05) is 18.2 Å². The first-order valence-electron chi connectivity index (χ1n) is 6.66. The Morgan fingerprint density at radius 2 is 1.77 bits per heavy atom. The largest absolute Gasteiger partial charge is 0.435 e. The number of ether oxygens (including phenoxy) is 1. The van der Waals surface area contributed by atoms with Gasteiger partial charge in [-0.2, -0.15) is 8.78 Å². The summed E-state index contributed by atoms with van der Waals surface area (Å²) in [5.41, 5.74) is 0.552. The van der Waals surface area contributed by atoms with E-state index in [0.717, 1.165) is 4.90 Å². The van der Waals surface area contributed by atoms with E-state index in [4.69, 9.17) is 0 Å². The Balaban J connectivity index is 1.74. The molecule has 2 aromatic carbocycles. The first-order chi connectivity index (χ1) is 10.6. The number of hydrogen-bond acceptors (Lipinski definition) is 3. The van der Waals surface area contributed by atoms with E-state index in [0.29, 0.717) is 17.9 Å². The molecule has 0 spiro atoms. The minimum Gasteiger partial charge on any atom is -0.435 e. The predicted molar refractivity (Wildman–Crippen MR) is 83.5 cm³/mol. The normalized spacial score (nSPS) is 10.5. The quantitative estimate of drug-likeness (QED) is 0.767. The van der Waals surface area contributed by atoms with E-state index in [-0.39, 0.29) is 11.7 Å². The Labute approximate surface area is 131 Å². The van der Waals surface area contributed by atoms with Crippen LogP contribution in [0.4, 0.5) is 14.5 Å². The highest BCUT2D eigenvalue weighted by Crippen LogP contribution is 2.20. The van der Waals surface area contributed by atoms with Gasteiger partial charge < -0.3 is 10.1 Å². The van der Waals surface area contributed by atoms with Crippen molar-refractivity contribution in [3.05, 3.63) is 54.6 Å². The van der Waals surface area contributed by atoms with Crippen molar-refractivity contribution in [2.24, 2.45) is 0 Å². The van der Waals surface area contributed by atoms with Gasteiger partial charge in [-0.15, -0.1) is 11.8 Å². The van der Waals surface area contributed by atoms with Crippen LogP contribution in [-0.4, -0.2) is 18.3 Å². The Kier molecular flexibility index (Phi) is 6.21. The maximum atomic E-state index is 12.0. The molecule has 0 saturated carbocycles. The Hall–Kier alpha value is -2.08. The molecule has 1 amide bonds. The molecule has 0 aromatic heterocycles. The van der Waals surface area contributed by atoms with Crippen molar-refractivity contribution in [3.63, 3.8) is 0 Å². The van der Waals surface area contributed by atoms with Crippen LogP contribution in [0.15, 0.2) is 59.5 Å². The molecule has 0 aliphatic heterocycles. The van der Waals surface area contributed by atoms with E-state index < -0.39 is 6.61 Å². The summed E-state index contributed by atoms with van der Waals surface area (Å²) in [6.07, 6.45) is 0.370. The van der Waals surface area contributed by atoms with Gasteiger partial charge in [0.15, 0.2) is 0 Å². The number of alkyl halides is 2. The molecule has 0 aliphatic carbocycles. The third kappa shape index (κ3) is 5.73. The van der Waals surface area contributed by atoms with Gasteiger partial charge in [-0.3, -0.25) is 4.79 Å². The lowest BCUT2D eigenvalue weighted by Crippen LogP contribution is -2.12. The highest BCUT2D eigenvalue weighted by atomic mass is 32.2. The topological polar surface area (TPSA) is 38.3 Å². The lowest BCUT2D eigenvalue weighted by molar-refractivity contribution is -0.115. The van der Waals surface area contributed by atoms with Crippen LogP contribution in [0.2, 0.25) is 0 Å². The Morgan fingerprint density at radius 1 is 1.09 bits per heavy atom. The molecule has 2 rings (SSSR count). The lowest BCUT2D eigenvalue weighted by atomic mass is 10.3. The molecule has 0 atom stereocenters. The fourth-order valence-corrected chi connectivity index (χ4v) is 2.59. The third-order valence-electron chi connectivity index (χ3n) is 2.70. The van der Waals surface area contributed by atoms with Crippen molar-refractivity contribution < 1.29 is 18.3 Å². The second-order valence-electron chi connectivity index (χ2n) is 4.36. The highest BCUT2D eigenvalue weighted by Gasteiger charge is 2.06. The molecule has 0 heterocycles. The number of carbonyl (C=O) groups is 1. The summed E-state index contributed by atoms with van der Waals surface area (Å²) in [6.45, 7) is -2.85. The van der Waals surface area contributed by atoms with Gasteiger partial charge in [-0.25, -0.2) is 0 Å². The molecule has 0 saturated heterocycles. The molecule has 6 heteroatoms. The van der Waals surface area contributed by atoms with Gasteiger partial charge in [0.05, 0.1) is 0 Å². The van der Waals surface area contributed by atoms with Crippen molar-refractivity contribution >= 4 is 23.4 Å². The Morgan fingerprint density at radius 3 is 2.41 bits per heavy atom. The molecular weight excluding hydrogens is 308 g/mol. The van der Waals surface area contributed by atoms with Crippen LogP contribution >= 0.6 is 11.8 Å². The molecule has 0 fully saturated rings. The summed E-state index contributed by atoms with van der Waals surface area (Å²) < 4.78 is 28.3. The van der Waals surface area contributed by atoms with E-state index in [1.165, 1.54) is 24.3 Å². The summed E-state index contributed by atoms with van der Waals surface area (Å²) in [5.74, 6) is 0.612. The number of amides is 1. The molecule has 0 unspecified atom stereocenters. The van der Waals surface area contributed by atoms with Crippen molar-refractivity contribution in [3.8, 4) is 5.75 Å². The van der Waals surface area contributed by atoms with E-state index in [9.17, 15) is 13.6 Å². The van der Waals surface area contributed by atoms with Gasteiger partial charge in [0.2, 0.25) is 5.91 Å². The lowest BCUT2D eigenvalue weighted by Gasteiger charge is -2.07. The van der Waals surface area contributed by atoms with Crippen molar-refractivity contribution in [1.29, 1.82) is 0 Å². The molecular formula is C16H15F2NO2S. The number of anilines is 1. The fraction of sp³-hybridized carbons (Fsp3) is 0.188. The van der Waals surface area contributed by atoms with Crippen molar-refractivity contribution in [2.75, 3.05) is 11.1 Å². The van der Waals surface area contributed by atoms with E-state index in [1.807, 2.05) is 30.3 Å². The molecule has 22 heavy (non-hydrogen) atoms. The van der Waals surface area contributed by atoms with Crippen LogP contribution in [-0.2, 0) is 4.79 Å². The van der Waals surface area contributed by atoms with Crippen LogP contribution in [0.5, 0.6) is 5.75 Å². The zero-order valence-electron chi connectivity index (χ0n) is 11.7. The van der Waals surface area contributed by atoms with Crippen molar-refractivity contribution in [1.82, 2.24) is 0 Å². The number of halogens is 2. The van der Waals surface area contributed by atoms with Crippen LogP contribution < -0.4 is 10.1 Å². The second kappa shape index (κ2) is 8.38. The average Bonchev–Trinajstić information content (AvgIpc) is 2.50. The zero-order valence-corrected chi connectivity index (χ0v) is 12.5. The minimum atomic E-state index is -2.85. The van der Waals surface area contributed by atoms with Gasteiger partial charge >= 0.3 is 6.61 Å². The number of carbonyl (C=O) groups excluding carboxylic acids is 1. The van der Waals surface area contributed by atoms with Crippen LogP contribution in [0.3, 0.4) is 0 Å². The molecule has 0 aliphatic rings. The summed E-state index contributed by atoms with van der Waals surface area (Å²) in [7, 11) is 0. The van der Waals surface area contributed by atoms with E-state index in [1.54, 1.807) is 11.8 Å². The first kappa shape index (κ1) is 16.3. The Bertz CT molecular complexity index is 591. The first-order valence-corrected chi connectivity index (χ1v) is 7.64. The second-order valence-corrected chi connectivity index (χ2v) is 5.53. The highest BCUT2D eigenvalue weighted by molar-refractivity contribution is 7.99. The van der Waals surface area contributed by atoms with Gasteiger partial charge in [0.25, 0.3) is 0 Å². The number of rotatable bonds is 7. The van der Waals surface area contributed by atoms with Gasteiger partial charge in [0.1, 0.15) is 5.75 Å². The number of benzene rings is 2. The standard InChI is InChI=1S/C16H15F2NO2S/c17-16(18)21-13-8-6-12(7-9-13)19-15(20)10-11-22-14-4-2-1-3-5-14/h1-9,16H,10-11H2,(H,19,20). The monoisotopic (exact) mass is 323 g/mol. The smallest absolute Gasteiger partial charge is 0.387 e. The van der Waals surface area contributed by atoms with E-state index >= 15 is 0 Å². The molecule has 2 aromatic rings. The molecule has 116 valence electrons. The molecule has 3 nitrogen and oxygen atoms in total. The number of nitrogens with one attached hydrogen (secondary N) is 1. The molecule has 1 N–H and O–H groups in total. The number of hydrogen-bond donors (Lipinski definition) is 1. The van der Waals surface area contributed by atoms with E-state index in [2.05, 4.69) is 10.1 Å². The van der Waals surface area contributed by atoms with Gasteiger partial charge in [-0.05, 0) is 36.4 Å². The van der Waals surface area contributed by atoms with Crippen LogP contribution in [0.25, 0.3) is 0 Å². The number of thioether (sulfide) groups is 1. The SMILES string of the molecule is O=C(CCSc1ccccc1)Nc1ccc(OC(F)F)cc1. The maximum absolute atomic E-state index is 12.0. The van der Waals surface area contributed by atoms with Crippen molar-refractivity contribution in [2.45, 2.75) is 17.9 Å².